The van der Waals surface area contributed by atoms with E-state index in [-0.39, 0.29) is 18.4 Å². The second kappa shape index (κ2) is 9.19. The molecule has 1 aliphatic heterocycles. The lowest BCUT2D eigenvalue weighted by Crippen LogP contribution is -2.36. The molecule has 0 aliphatic carbocycles. The normalized spacial score (nSPS) is 12.6. The number of aromatic nitrogens is 2. The van der Waals surface area contributed by atoms with Crippen LogP contribution in [0.15, 0.2) is 97.7 Å². The minimum Gasteiger partial charge on any atom is -0.350 e. The Morgan fingerprint density at radius 1 is 0.882 bits per heavy atom. The Labute approximate surface area is 198 Å². The number of nitrogens with one attached hydrogen (secondary N) is 1. The molecule has 3 aromatic carbocycles. The van der Waals surface area contributed by atoms with Gasteiger partial charge in [0.05, 0.1) is 12.2 Å². The molecule has 1 aromatic heterocycles. The van der Waals surface area contributed by atoms with Crippen molar-refractivity contribution in [1.82, 2.24) is 20.0 Å². The molecule has 2 heterocycles. The van der Waals surface area contributed by atoms with Crippen molar-refractivity contribution in [3.63, 3.8) is 0 Å². The molecule has 1 N–H and O–H groups in total. The van der Waals surface area contributed by atoms with Gasteiger partial charge in [0.1, 0.15) is 6.54 Å². The van der Waals surface area contributed by atoms with Crippen molar-refractivity contribution in [2.75, 3.05) is 6.54 Å². The number of rotatable bonds is 7. The molecule has 0 fully saturated rings. The molecule has 0 bridgehead atoms. The average Bonchev–Trinajstić information content (AvgIpc) is 3.38. The Hall–Kier alpha value is -4.45. The van der Waals surface area contributed by atoms with Crippen LogP contribution in [0.25, 0.3) is 17.0 Å². The van der Waals surface area contributed by atoms with Crippen molar-refractivity contribution in [2.24, 2.45) is 0 Å². The summed E-state index contributed by atoms with van der Waals surface area (Å²) in [5.41, 5.74) is 5.76. The van der Waals surface area contributed by atoms with Crippen molar-refractivity contribution in [3.8, 4) is 11.3 Å². The Morgan fingerprint density at radius 2 is 1.53 bits per heavy atom. The molecule has 1 aliphatic rings. The molecule has 34 heavy (non-hydrogen) atoms. The maximum Gasteiger partial charge on any atom is 0.259 e. The number of carbonyl (C=O) groups is 2. The third-order valence-corrected chi connectivity index (χ3v) is 5.89. The number of carbonyl (C=O) groups excluding carboxylic acids is 2. The lowest BCUT2D eigenvalue weighted by Gasteiger charge is -2.17. The van der Waals surface area contributed by atoms with E-state index in [4.69, 9.17) is 5.10 Å². The van der Waals surface area contributed by atoms with Crippen molar-refractivity contribution >= 4 is 17.5 Å². The fourth-order valence-corrected chi connectivity index (χ4v) is 4.18. The fourth-order valence-electron chi connectivity index (χ4n) is 4.18. The summed E-state index contributed by atoms with van der Waals surface area (Å²) < 4.78 is 1.89. The van der Waals surface area contributed by atoms with Crippen LogP contribution in [0.3, 0.4) is 0 Å². The summed E-state index contributed by atoms with van der Waals surface area (Å²) in [6, 6.07) is 27.3. The van der Waals surface area contributed by atoms with Gasteiger partial charge in [0.2, 0.25) is 5.91 Å². The Balaban J connectivity index is 1.31. The molecule has 2 amide bonds. The number of nitrogens with zero attached hydrogens (tertiary/aromatic N) is 3. The highest BCUT2D eigenvalue weighted by atomic mass is 16.2. The SMILES string of the molecule is C=C1c2ccccc2C(=O)N1CC(=O)NCc1cn(Cc2ccccc2)nc1-c1ccccc1. The molecular formula is C28H24N4O2. The summed E-state index contributed by atoms with van der Waals surface area (Å²) in [5, 5.41) is 7.75. The van der Waals surface area contributed by atoms with E-state index >= 15 is 0 Å². The first-order valence-electron chi connectivity index (χ1n) is 11.1. The predicted molar refractivity (Wildman–Crippen MR) is 132 cm³/mol. The van der Waals surface area contributed by atoms with Gasteiger partial charge >= 0.3 is 0 Å². The van der Waals surface area contributed by atoms with Gasteiger partial charge in [-0.15, -0.1) is 0 Å². The van der Waals surface area contributed by atoms with Crippen LogP contribution in [-0.4, -0.2) is 33.0 Å². The molecule has 0 radical (unpaired) electrons. The number of hydrogen-bond acceptors (Lipinski definition) is 3. The van der Waals surface area contributed by atoms with Crippen LogP contribution >= 0.6 is 0 Å². The second-order valence-electron chi connectivity index (χ2n) is 8.21. The monoisotopic (exact) mass is 448 g/mol. The van der Waals surface area contributed by atoms with Gasteiger partial charge in [-0.2, -0.15) is 5.10 Å². The molecule has 5 rings (SSSR count). The third-order valence-electron chi connectivity index (χ3n) is 5.89. The number of benzene rings is 3. The van der Waals surface area contributed by atoms with Gasteiger partial charge in [-0.1, -0.05) is 85.4 Å². The first-order valence-corrected chi connectivity index (χ1v) is 11.1. The van der Waals surface area contributed by atoms with Gasteiger partial charge < -0.3 is 5.32 Å². The van der Waals surface area contributed by atoms with E-state index in [0.29, 0.717) is 24.4 Å². The largest absolute Gasteiger partial charge is 0.350 e. The van der Waals surface area contributed by atoms with Crippen molar-refractivity contribution in [1.29, 1.82) is 0 Å². The first kappa shape index (κ1) is 21.4. The van der Waals surface area contributed by atoms with E-state index < -0.39 is 0 Å². The van der Waals surface area contributed by atoms with Crippen LogP contribution in [0, 0.1) is 0 Å². The molecule has 0 unspecified atom stereocenters. The molecule has 0 spiro atoms. The molecule has 168 valence electrons. The van der Waals surface area contributed by atoms with E-state index in [9.17, 15) is 9.59 Å². The van der Waals surface area contributed by atoms with Crippen LogP contribution in [0.4, 0.5) is 0 Å². The summed E-state index contributed by atoms with van der Waals surface area (Å²) in [5.74, 6) is -0.450. The minimum absolute atomic E-state index is 0.0782. The van der Waals surface area contributed by atoms with Gasteiger partial charge in [0, 0.05) is 40.7 Å². The summed E-state index contributed by atoms with van der Waals surface area (Å²) in [6.45, 7) is 4.87. The minimum atomic E-state index is -0.253. The smallest absolute Gasteiger partial charge is 0.259 e. The summed E-state index contributed by atoms with van der Waals surface area (Å²) in [4.78, 5) is 26.9. The Bertz CT molecular complexity index is 1320. The molecular weight excluding hydrogens is 424 g/mol. The summed E-state index contributed by atoms with van der Waals surface area (Å²) in [7, 11) is 0. The zero-order chi connectivity index (χ0) is 23.5. The molecule has 6 nitrogen and oxygen atoms in total. The molecule has 0 saturated heterocycles. The quantitative estimate of drug-likeness (QED) is 0.457. The first-order chi connectivity index (χ1) is 16.6. The summed E-state index contributed by atoms with van der Waals surface area (Å²) >= 11 is 0. The fraction of sp³-hybridized carbons (Fsp3) is 0.107. The maximum absolute atomic E-state index is 12.8. The average molecular weight is 449 g/mol. The number of hydrogen-bond donors (Lipinski definition) is 1. The van der Waals surface area contributed by atoms with E-state index in [2.05, 4.69) is 24.0 Å². The zero-order valence-electron chi connectivity index (χ0n) is 18.6. The predicted octanol–water partition coefficient (Wildman–Crippen LogP) is 4.34. The highest BCUT2D eigenvalue weighted by Crippen LogP contribution is 2.30. The third kappa shape index (κ3) is 4.26. The van der Waals surface area contributed by atoms with Crippen LogP contribution in [0.5, 0.6) is 0 Å². The molecule has 6 heteroatoms. The van der Waals surface area contributed by atoms with Gasteiger partial charge in [-0.3, -0.25) is 19.2 Å². The highest BCUT2D eigenvalue weighted by Gasteiger charge is 2.31. The van der Waals surface area contributed by atoms with E-state index in [1.807, 2.05) is 77.6 Å². The zero-order valence-corrected chi connectivity index (χ0v) is 18.6. The lowest BCUT2D eigenvalue weighted by molar-refractivity contribution is -0.121. The van der Waals surface area contributed by atoms with Gasteiger partial charge in [-0.05, 0) is 11.6 Å². The van der Waals surface area contributed by atoms with Crippen LogP contribution in [-0.2, 0) is 17.9 Å². The standard InChI is InChI=1S/C28H24N4O2/c1-20-24-14-8-9-15-25(24)28(34)32(20)19-26(33)29-16-23-18-31(17-21-10-4-2-5-11-21)30-27(23)22-12-6-3-7-13-22/h2-15,18H,1,16-17,19H2,(H,29,33). The van der Waals surface area contributed by atoms with Gasteiger partial charge in [0.25, 0.3) is 5.91 Å². The van der Waals surface area contributed by atoms with Crippen molar-refractivity contribution in [3.05, 3.63) is 120 Å². The molecule has 0 atom stereocenters. The van der Waals surface area contributed by atoms with E-state index in [0.717, 1.165) is 27.9 Å². The van der Waals surface area contributed by atoms with E-state index in [1.165, 1.54) is 4.90 Å². The highest BCUT2D eigenvalue weighted by molar-refractivity contribution is 6.10. The maximum atomic E-state index is 12.8. The Kier molecular flexibility index (Phi) is 5.79. The van der Waals surface area contributed by atoms with Crippen molar-refractivity contribution in [2.45, 2.75) is 13.1 Å². The number of amides is 2. The van der Waals surface area contributed by atoms with Crippen molar-refractivity contribution < 1.29 is 9.59 Å². The summed E-state index contributed by atoms with van der Waals surface area (Å²) in [6.07, 6.45) is 1.96. The Morgan fingerprint density at radius 3 is 2.24 bits per heavy atom. The lowest BCUT2D eigenvalue weighted by atomic mass is 10.1. The molecule has 4 aromatic rings. The van der Waals surface area contributed by atoms with Crippen LogP contribution in [0.2, 0.25) is 0 Å². The van der Waals surface area contributed by atoms with Gasteiger partial charge in [0.15, 0.2) is 0 Å². The van der Waals surface area contributed by atoms with Crippen LogP contribution in [0.1, 0.15) is 27.0 Å². The van der Waals surface area contributed by atoms with E-state index in [1.54, 1.807) is 6.07 Å². The molecule has 0 saturated carbocycles. The van der Waals surface area contributed by atoms with Crippen LogP contribution < -0.4 is 5.32 Å². The topological polar surface area (TPSA) is 67.2 Å². The second-order valence-corrected chi connectivity index (χ2v) is 8.21. The number of fused-ring (bicyclic) bond motifs is 1. The van der Waals surface area contributed by atoms with Gasteiger partial charge in [-0.25, -0.2) is 0 Å².